The molecule has 2 bridgehead atoms. The number of alkyl halides is 3. The van der Waals surface area contributed by atoms with E-state index in [1.807, 2.05) is 0 Å². The summed E-state index contributed by atoms with van der Waals surface area (Å²) in [6.07, 6.45) is -0.981. The lowest BCUT2D eigenvalue weighted by molar-refractivity contribution is -0.138. The van der Waals surface area contributed by atoms with Crippen molar-refractivity contribution in [2.45, 2.75) is 31.5 Å². The van der Waals surface area contributed by atoms with Crippen LogP contribution in [0.25, 0.3) is 0 Å². The first-order chi connectivity index (χ1) is 10.8. The number of nitrogens with one attached hydrogen (secondary N) is 1. The smallest absolute Gasteiger partial charge is 0.345 e. The van der Waals surface area contributed by atoms with Gasteiger partial charge in [0.1, 0.15) is 10.7 Å². The van der Waals surface area contributed by atoms with Gasteiger partial charge >= 0.3 is 6.18 Å². The number of amides is 1. The van der Waals surface area contributed by atoms with Crippen molar-refractivity contribution >= 4 is 17.5 Å². The summed E-state index contributed by atoms with van der Waals surface area (Å²) in [5.74, 6) is -0.348. The van der Waals surface area contributed by atoms with E-state index in [4.69, 9.17) is 11.6 Å². The van der Waals surface area contributed by atoms with Gasteiger partial charge in [0.15, 0.2) is 0 Å². The lowest BCUT2D eigenvalue weighted by Crippen LogP contribution is -2.42. The van der Waals surface area contributed by atoms with Crippen LogP contribution in [0.1, 0.15) is 35.4 Å². The molecule has 1 aromatic rings. The van der Waals surface area contributed by atoms with Crippen LogP contribution in [0.2, 0.25) is 5.15 Å². The molecular formula is C14H16ClF3N4O. The van der Waals surface area contributed by atoms with Crippen molar-refractivity contribution in [3.05, 3.63) is 22.7 Å². The van der Waals surface area contributed by atoms with Gasteiger partial charge in [0.25, 0.3) is 5.91 Å². The van der Waals surface area contributed by atoms with Crippen LogP contribution >= 0.6 is 11.6 Å². The van der Waals surface area contributed by atoms with Gasteiger partial charge in [-0.1, -0.05) is 11.6 Å². The SMILES string of the molecule is O=C(N[C@@H]1CC2CCN(CC2)C1)c1ncc(C(F)(F)F)c(Cl)n1. The van der Waals surface area contributed by atoms with Crippen LogP contribution in [0.15, 0.2) is 6.20 Å². The first-order valence-corrected chi connectivity index (χ1v) is 7.83. The first-order valence-electron chi connectivity index (χ1n) is 7.46. The molecule has 1 N–H and O–H groups in total. The second-order valence-electron chi connectivity index (χ2n) is 6.05. The molecule has 126 valence electrons. The molecule has 1 aromatic heterocycles. The van der Waals surface area contributed by atoms with Crippen LogP contribution in [0, 0.1) is 5.92 Å². The number of hydrogen-bond acceptors (Lipinski definition) is 4. The quantitative estimate of drug-likeness (QED) is 0.834. The number of hydrogen-bond donors (Lipinski definition) is 1. The summed E-state index contributed by atoms with van der Waals surface area (Å²) in [6.45, 7) is 2.80. The summed E-state index contributed by atoms with van der Waals surface area (Å²) in [5.41, 5.74) is -1.14. The van der Waals surface area contributed by atoms with E-state index in [0.29, 0.717) is 12.1 Å². The molecule has 3 saturated heterocycles. The van der Waals surface area contributed by atoms with Crippen molar-refractivity contribution in [3.8, 4) is 0 Å². The van der Waals surface area contributed by atoms with Crippen LogP contribution in [-0.2, 0) is 6.18 Å². The highest BCUT2D eigenvalue weighted by molar-refractivity contribution is 6.30. The van der Waals surface area contributed by atoms with Crippen molar-refractivity contribution in [1.82, 2.24) is 20.2 Å². The molecule has 0 radical (unpaired) electrons. The van der Waals surface area contributed by atoms with Crippen molar-refractivity contribution in [1.29, 1.82) is 0 Å². The van der Waals surface area contributed by atoms with E-state index in [1.165, 1.54) is 0 Å². The van der Waals surface area contributed by atoms with E-state index < -0.39 is 22.8 Å². The zero-order valence-corrected chi connectivity index (χ0v) is 13.0. The lowest BCUT2D eigenvalue weighted by atomic mass is 9.94. The fraction of sp³-hybridized carbons (Fsp3) is 0.643. The second kappa shape index (κ2) is 6.24. The van der Waals surface area contributed by atoms with Gasteiger partial charge in [-0.25, -0.2) is 9.97 Å². The average molecular weight is 349 g/mol. The van der Waals surface area contributed by atoms with E-state index >= 15 is 0 Å². The molecule has 9 heteroatoms. The Morgan fingerprint density at radius 3 is 2.65 bits per heavy atom. The number of piperidine rings is 1. The fourth-order valence-electron chi connectivity index (χ4n) is 3.21. The summed E-state index contributed by atoms with van der Waals surface area (Å²) in [7, 11) is 0. The largest absolute Gasteiger partial charge is 0.420 e. The summed E-state index contributed by atoms with van der Waals surface area (Å²) in [5, 5.41) is 2.05. The van der Waals surface area contributed by atoms with Crippen LogP contribution in [0.5, 0.6) is 0 Å². The molecule has 0 saturated carbocycles. The van der Waals surface area contributed by atoms with E-state index in [2.05, 4.69) is 20.2 Å². The molecule has 3 fully saturated rings. The Labute approximate surface area is 136 Å². The first kappa shape index (κ1) is 16.4. The molecular weight excluding hydrogens is 333 g/mol. The zero-order valence-electron chi connectivity index (χ0n) is 12.2. The highest BCUT2D eigenvalue weighted by Crippen LogP contribution is 2.33. The number of carbonyl (C=O) groups is 1. The second-order valence-corrected chi connectivity index (χ2v) is 6.40. The van der Waals surface area contributed by atoms with E-state index in [9.17, 15) is 18.0 Å². The van der Waals surface area contributed by atoms with Crippen molar-refractivity contribution < 1.29 is 18.0 Å². The van der Waals surface area contributed by atoms with Gasteiger partial charge in [-0.05, 0) is 38.3 Å². The van der Waals surface area contributed by atoms with Crippen LogP contribution in [-0.4, -0.2) is 46.5 Å². The minimum absolute atomic E-state index is 0.0397. The normalized spacial score (nSPS) is 27.6. The third-order valence-electron chi connectivity index (χ3n) is 4.39. The van der Waals surface area contributed by atoms with Crippen molar-refractivity contribution in [3.63, 3.8) is 0 Å². The summed E-state index contributed by atoms with van der Waals surface area (Å²) < 4.78 is 37.9. The van der Waals surface area contributed by atoms with Gasteiger partial charge in [-0.15, -0.1) is 0 Å². The third-order valence-corrected chi connectivity index (χ3v) is 4.68. The molecule has 0 aromatic carbocycles. The summed E-state index contributed by atoms with van der Waals surface area (Å²) in [6, 6.07) is -0.0397. The standard InChI is InChI=1S/C14H16ClF3N4O/c15-11-10(14(16,17)18)6-19-12(21-11)13(23)20-9-5-8-1-3-22(7-9)4-2-8/h6,8-9H,1-5,7H2,(H,20,23)/t9-/m1/s1. The maximum atomic E-state index is 12.6. The fourth-order valence-corrected chi connectivity index (χ4v) is 3.44. The van der Waals surface area contributed by atoms with Gasteiger partial charge < -0.3 is 10.2 Å². The Balaban J connectivity index is 1.70. The molecule has 3 aliphatic rings. The van der Waals surface area contributed by atoms with Gasteiger partial charge in [0.05, 0.1) is 0 Å². The van der Waals surface area contributed by atoms with E-state index in [1.54, 1.807) is 0 Å². The van der Waals surface area contributed by atoms with Gasteiger partial charge in [0.2, 0.25) is 5.82 Å². The highest BCUT2D eigenvalue weighted by Gasteiger charge is 2.35. The van der Waals surface area contributed by atoms with Crippen molar-refractivity contribution in [2.24, 2.45) is 5.92 Å². The van der Waals surface area contributed by atoms with E-state index in [0.717, 1.165) is 38.9 Å². The minimum Gasteiger partial charge on any atom is -0.345 e. The monoisotopic (exact) mass is 348 g/mol. The molecule has 0 spiro atoms. The lowest BCUT2D eigenvalue weighted by Gasteiger charge is -2.26. The minimum atomic E-state index is -4.64. The number of aromatic nitrogens is 2. The third kappa shape index (κ3) is 3.74. The van der Waals surface area contributed by atoms with Gasteiger partial charge in [0, 0.05) is 18.8 Å². The molecule has 3 aliphatic heterocycles. The van der Waals surface area contributed by atoms with Crippen LogP contribution in [0.4, 0.5) is 13.2 Å². The number of rotatable bonds is 2. The van der Waals surface area contributed by atoms with Crippen molar-refractivity contribution in [2.75, 3.05) is 19.6 Å². The molecule has 23 heavy (non-hydrogen) atoms. The Morgan fingerprint density at radius 1 is 1.35 bits per heavy atom. The molecule has 1 atom stereocenters. The topological polar surface area (TPSA) is 58.1 Å². The Kier molecular flexibility index (Phi) is 4.46. The molecule has 0 aliphatic carbocycles. The van der Waals surface area contributed by atoms with Gasteiger partial charge in [-0.3, -0.25) is 4.79 Å². The molecule has 1 amide bonds. The maximum Gasteiger partial charge on any atom is 0.420 e. The Hall–Kier alpha value is -1.41. The Bertz CT molecular complexity index is 588. The molecule has 4 rings (SSSR count). The predicted octanol–water partition coefficient (Wildman–Crippen LogP) is 2.36. The van der Waals surface area contributed by atoms with Crippen LogP contribution in [0.3, 0.4) is 0 Å². The summed E-state index contributed by atoms with van der Waals surface area (Å²) in [4.78, 5) is 21.5. The number of carbonyl (C=O) groups excluding carboxylic acids is 1. The molecule has 0 unspecified atom stereocenters. The molecule has 4 heterocycles. The molecule has 5 nitrogen and oxygen atoms in total. The predicted molar refractivity (Wildman–Crippen MR) is 77.1 cm³/mol. The van der Waals surface area contributed by atoms with Crippen LogP contribution < -0.4 is 5.32 Å². The number of fused-ring (bicyclic) bond motifs is 4. The summed E-state index contributed by atoms with van der Waals surface area (Å²) >= 11 is 5.52. The maximum absolute atomic E-state index is 12.6. The zero-order chi connectivity index (χ0) is 16.6. The number of halogens is 4. The highest BCUT2D eigenvalue weighted by atomic mass is 35.5. The number of nitrogens with zero attached hydrogens (tertiary/aromatic N) is 3. The Morgan fingerprint density at radius 2 is 2.04 bits per heavy atom. The van der Waals surface area contributed by atoms with Gasteiger partial charge in [-0.2, -0.15) is 13.2 Å². The average Bonchev–Trinajstić information content (AvgIpc) is 2.77. The van der Waals surface area contributed by atoms with E-state index in [-0.39, 0.29) is 11.9 Å².